The summed E-state index contributed by atoms with van der Waals surface area (Å²) in [6.45, 7) is 1.73. The van der Waals surface area contributed by atoms with Crippen molar-refractivity contribution in [1.29, 1.82) is 0 Å². The Kier molecular flexibility index (Phi) is 4.43. The average molecular weight is 342 g/mol. The zero-order chi connectivity index (χ0) is 17.1. The first kappa shape index (κ1) is 15.9. The number of carbonyl (C=O) groups excluding carboxylic acids is 1. The third-order valence-electron chi connectivity index (χ3n) is 3.33. The van der Waals surface area contributed by atoms with Gasteiger partial charge in [-0.15, -0.1) is 11.3 Å². The Morgan fingerprint density at radius 3 is 2.79 bits per heavy atom. The summed E-state index contributed by atoms with van der Waals surface area (Å²) in [5, 5.41) is 16.2. The van der Waals surface area contributed by atoms with E-state index >= 15 is 0 Å². The summed E-state index contributed by atoms with van der Waals surface area (Å²) in [7, 11) is 0. The van der Waals surface area contributed by atoms with E-state index in [1.807, 2.05) is 30.3 Å². The Bertz CT molecular complexity index is 973. The second-order valence-corrected chi connectivity index (χ2v) is 5.77. The molecule has 0 fully saturated rings. The maximum absolute atomic E-state index is 12.6. The van der Waals surface area contributed by atoms with Crippen molar-refractivity contribution in [1.82, 2.24) is 4.68 Å². The van der Waals surface area contributed by atoms with Crippen LogP contribution in [0.15, 0.2) is 51.7 Å². The molecule has 0 spiro atoms. The van der Waals surface area contributed by atoms with Gasteiger partial charge in [-0.25, -0.2) is 4.79 Å². The van der Waals surface area contributed by atoms with E-state index in [-0.39, 0.29) is 12.4 Å². The van der Waals surface area contributed by atoms with Crippen LogP contribution in [0.3, 0.4) is 0 Å². The molecule has 6 nitrogen and oxygen atoms in total. The van der Waals surface area contributed by atoms with Crippen molar-refractivity contribution in [2.75, 3.05) is 6.61 Å². The lowest BCUT2D eigenvalue weighted by Crippen LogP contribution is -2.25. The van der Waals surface area contributed by atoms with Gasteiger partial charge in [-0.2, -0.15) is 9.78 Å². The third kappa shape index (κ3) is 2.81. The van der Waals surface area contributed by atoms with Gasteiger partial charge >= 0.3 is 5.97 Å². The van der Waals surface area contributed by atoms with Crippen molar-refractivity contribution in [2.45, 2.75) is 6.92 Å². The van der Waals surface area contributed by atoms with Gasteiger partial charge in [0, 0.05) is 0 Å². The predicted molar refractivity (Wildman–Crippen MR) is 93.1 cm³/mol. The molecule has 1 N–H and O–H groups in total. The summed E-state index contributed by atoms with van der Waals surface area (Å²) < 4.78 is 6.38. The Balaban J connectivity index is 2.20. The van der Waals surface area contributed by atoms with Crippen LogP contribution < -0.4 is 5.56 Å². The molecule has 0 bridgehead atoms. The van der Waals surface area contributed by atoms with Crippen molar-refractivity contribution >= 4 is 33.7 Å². The molecule has 2 heterocycles. The highest BCUT2D eigenvalue weighted by Crippen LogP contribution is 2.31. The largest absolute Gasteiger partial charge is 0.505 e. The molecule has 0 radical (unpaired) electrons. The van der Waals surface area contributed by atoms with E-state index in [1.165, 1.54) is 17.6 Å². The number of rotatable bonds is 4. The van der Waals surface area contributed by atoms with Gasteiger partial charge in [0.05, 0.1) is 23.0 Å². The predicted octanol–water partition coefficient (Wildman–Crippen LogP) is 2.83. The molecule has 3 rings (SSSR count). The standard InChI is InChI=1S/C17H14N2O4S/c1-2-23-17(22)13-14(20)15-12(8-9-24-15)19(16(13)21)18-10-11-6-4-3-5-7-11/h3-10,20H,2H2,1H3. The molecule has 2 aromatic heterocycles. The zero-order valence-corrected chi connectivity index (χ0v) is 13.6. The molecule has 0 saturated heterocycles. The van der Waals surface area contributed by atoms with E-state index in [1.54, 1.807) is 18.4 Å². The molecule has 7 heteroatoms. The van der Waals surface area contributed by atoms with Gasteiger partial charge in [0.2, 0.25) is 0 Å². The number of carbonyl (C=O) groups is 1. The number of nitrogens with zero attached hydrogens (tertiary/aromatic N) is 2. The lowest BCUT2D eigenvalue weighted by atomic mass is 10.2. The van der Waals surface area contributed by atoms with Crippen LogP contribution in [0.4, 0.5) is 0 Å². The molecule has 3 aromatic rings. The Morgan fingerprint density at radius 1 is 1.33 bits per heavy atom. The number of hydrogen-bond acceptors (Lipinski definition) is 6. The van der Waals surface area contributed by atoms with E-state index in [0.717, 1.165) is 10.2 Å². The van der Waals surface area contributed by atoms with Crippen LogP contribution in [0, 0.1) is 0 Å². The summed E-state index contributed by atoms with van der Waals surface area (Å²) in [5.74, 6) is -1.23. The maximum atomic E-state index is 12.6. The first-order chi connectivity index (χ1) is 11.6. The van der Waals surface area contributed by atoms with Crippen LogP contribution in [0.5, 0.6) is 5.75 Å². The Hall–Kier alpha value is -2.93. The van der Waals surface area contributed by atoms with E-state index in [2.05, 4.69) is 5.10 Å². The van der Waals surface area contributed by atoms with E-state index in [0.29, 0.717) is 10.2 Å². The van der Waals surface area contributed by atoms with Gasteiger partial charge in [-0.1, -0.05) is 30.3 Å². The summed E-state index contributed by atoms with van der Waals surface area (Å²) >= 11 is 1.22. The van der Waals surface area contributed by atoms with E-state index < -0.39 is 17.1 Å². The summed E-state index contributed by atoms with van der Waals surface area (Å²) in [6, 6.07) is 10.9. The van der Waals surface area contributed by atoms with Crippen LogP contribution in [0.2, 0.25) is 0 Å². The number of hydrogen-bond donors (Lipinski definition) is 1. The summed E-state index contributed by atoms with van der Waals surface area (Å²) in [6.07, 6.45) is 1.52. The lowest BCUT2D eigenvalue weighted by Gasteiger charge is -2.08. The minimum atomic E-state index is -0.862. The first-order valence-electron chi connectivity index (χ1n) is 7.25. The second-order valence-electron chi connectivity index (χ2n) is 4.85. The van der Waals surface area contributed by atoms with Gasteiger partial charge in [-0.05, 0) is 23.9 Å². The molecule has 0 amide bonds. The molecule has 0 aliphatic rings. The average Bonchev–Trinajstić information content (AvgIpc) is 3.06. The van der Waals surface area contributed by atoms with Crippen molar-refractivity contribution in [2.24, 2.45) is 5.10 Å². The van der Waals surface area contributed by atoms with Gasteiger partial charge in [0.1, 0.15) is 0 Å². The van der Waals surface area contributed by atoms with E-state index in [9.17, 15) is 14.7 Å². The Morgan fingerprint density at radius 2 is 2.08 bits per heavy atom. The van der Waals surface area contributed by atoms with Crippen molar-refractivity contribution in [3.63, 3.8) is 0 Å². The number of pyridine rings is 1. The first-order valence-corrected chi connectivity index (χ1v) is 8.13. The number of aromatic hydroxyl groups is 1. The highest BCUT2D eigenvalue weighted by Gasteiger charge is 2.23. The number of aromatic nitrogens is 1. The lowest BCUT2D eigenvalue weighted by molar-refractivity contribution is 0.0520. The highest BCUT2D eigenvalue weighted by molar-refractivity contribution is 7.17. The molecular formula is C17H14N2O4S. The minimum Gasteiger partial charge on any atom is -0.505 e. The monoisotopic (exact) mass is 342 g/mol. The quantitative estimate of drug-likeness (QED) is 0.584. The number of esters is 1. The summed E-state index contributed by atoms with van der Waals surface area (Å²) in [4.78, 5) is 24.7. The van der Waals surface area contributed by atoms with Gasteiger partial charge in [-0.3, -0.25) is 4.79 Å². The van der Waals surface area contributed by atoms with Crippen LogP contribution in [0.1, 0.15) is 22.8 Å². The molecule has 1 aromatic carbocycles. The topological polar surface area (TPSA) is 80.9 Å². The molecule has 122 valence electrons. The molecular weight excluding hydrogens is 328 g/mol. The van der Waals surface area contributed by atoms with E-state index in [4.69, 9.17) is 4.74 Å². The van der Waals surface area contributed by atoms with Crippen LogP contribution >= 0.6 is 11.3 Å². The fourth-order valence-corrected chi connectivity index (χ4v) is 3.06. The zero-order valence-electron chi connectivity index (χ0n) is 12.8. The normalized spacial score (nSPS) is 11.2. The van der Waals surface area contributed by atoms with Crippen LogP contribution in [0.25, 0.3) is 10.2 Å². The molecule has 0 atom stereocenters. The number of fused-ring (bicyclic) bond motifs is 1. The third-order valence-corrected chi connectivity index (χ3v) is 4.24. The second kappa shape index (κ2) is 6.67. The van der Waals surface area contributed by atoms with Gasteiger partial charge in [0.25, 0.3) is 5.56 Å². The van der Waals surface area contributed by atoms with Crippen molar-refractivity contribution in [3.05, 3.63) is 63.3 Å². The SMILES string of the molecule is CCOC(=O)c1c(O)c2sccc2n(N=Cc2ccccc2)c1=O. The van der Waals surface area contributed by atoms with Crippen LogP contribution in [-0.4, -0.2) is 28.6 Å². The molecule has 24 heavy (non-hydrogen) atoms. The van der Waals surface area contributed by atoms with Gasteiger partial charge in [0.15, 0.2) is 11.3 Å². The number of benzene rings is 1. The molecule has 0 aliphatic carbocycles. The van der Waals surface area contributed by atoms with Gasteiger partial charge < -0.3 is 9.84 Å². The molecule has 0 saturated carbocycles. The summed E-state index contributed by atoms with van der Waals surface area (Å²) in [5.41, 5.74) is 0.113. The number of thiophene rings is 1. The smallest absolute Gasteiger partial charge is 0.347 e. The van der Waals surface area contributed by atoms with Crippen LogP contribution in [-0.2, 0) is 4.74 Å². The maximum Gasteiger partial charge on any atom is 0.347 e. The number of ether oxygens (including phenoxy) is 1. The minimum absolute atomic E-state index is 0.105. The van der Waals surface area contributed by atoms with Crippen molar-refractivity contribution < 1.29 is 14.6 Å². The highest BCUT2D eigenvalue weighted by atomic mass is 32.1. The molecule has 0 unspecified atom stereocenters. The fourth-order valence-electron chi connectivity index (χ4n) is 2.24. The Labute approximate surface area is 141 Å². The molecule has 0 aliphatic heterocycles. The van der Waals surface area contributed by atoms with Crippen molar-refractivity contribution in [3.8, 4) is 5.75 Å². The fraction of sp³-hybridized carbons (Fsp3) is 0.118.